The van der Waals surface area contributed by atoms with E-state index in [0.717, 1.165) is 10.6 Å². The first kappa shape index (κ1) is 25.7. The van der Waals surface area contributed by atoms with Crippen LogP contribution in [-0.2, 0) is 13.2 Å². The number of anilines is 1. The number of ether oxygens (including phenoxy) is 1. The zero-order chi connectivity index (χ0) is 26.1. The second-order valence-corrected chi connectivity index (χ2v) is 7.20. The number of carbonyl (C=O) groups excluding carboxylic acids is 1. The van der Waals surface area contributed by atoms with Crippen molar-refractivity contribution in [2.24, 2.45) is 0 Å². The molecule has 0 radical (unpaired) electrons. The molecule has 3 rings (SSSR count). The summed E-state index contributed by atoms with van der Waals surface area (Å²) in [6, 6.07) is 2.78. The fraction of sp³-hybridized carbons (Fsp3) is 0.350. The van der Waals surface area contributed by atoms with Gasteiger partial charge in [-0.25, -0.2) is 18.6 Å². The summed E-state index contributed by atoms with van der Waals surface area (Å²) in [6.07, 6.45) is -7.38. The molecule has 0 saturated carbocycles. The molecule has 0 aromatic carbocycles. The molecule has 10 nitrogen and oxygen atoms in total. The van der Waals surface area contributed by atoms with E-state index >= 15 is 0 Å². The van der Waals surface area contributed by atoms with E-state index in [9.17, 15) is 36.6 Å². The van der Waals surface area contributed by atoms with E-state index in [1.165, 1.54) is 13.0 Å². The van der Waals surface area contributed by atoms with Crippen molar-refractivity contribution in [3.8, 4) is 11.7 Å². The Morgan fingerprint density at radius 2 is 1.91 bits per heavy atom. The van der Waals surface area contributed by atoms with E-state index in [2.05, 4.69) is 15.1 Å². The van der Waals surface area contributed by atoms with Gasteiger partial charge in [0.1, 0.15) is 12.2 Å². The zero-order valence-corrected chi connectivity index (χ0v) is 18.5. The summed E-state index contributed by atoms with van der Waals surface area (Å²) in [5, 5.41) is 15.2. The molecule has 0 spiro atoms. The quantitative estimate of drug-likeness (QED) is 0.476. The summed E-state index contributed by atoms with van der Waals surface area (Å²) in [5.74, 6) is -6.14. The Hall–Kier alpha value is -3.88. The zero-order valence-electron chi connectivity index (χ0n) is 18.5. The molecule has 0 fully saturated rings. The van der Waals surface area contributed by atoms with Gasteiger partial charge in [0.15, 0.2) is 35.2 Å². The number of nitrogens with one attached hydrogen (secondary N) is 1. The highest BCUT2D eigenvalue weighted by molar-refractivity contribution is 6.05. The number of aliphatic hydroxyl groups excluding tert-OH is 1. The highest BCUT2D eigenvalue weighted by Gasteiger charge is 2.39. The molecular formula is C20H19F5N6O4. The van der Waals surface area contributed by atoms with E-state index in [1.54, 1.807) is 6.92 Å². The number of nitrogens with zero attached hydrogens (tertiary/aromatic N) is 5. The number of aromatic nitrogens is 5. The number of halogens is 5. The Morgan fingerprint density at radius 1 is 1.23 bits per heavy atom. The van der Waals surface area contributed by atoms with Crippen LogP contribution in [0.25, 0.3) is 5.82 Å². The fourth-order valence-corrected chi connectivity index (χ4v) is 2.91. The van der Waals surface area contributed by atoms with Crippen molar-refractivity contribution in [3.05, 3.63) is 57.4 Å². The third kappa shape index (κ3) is 5.29. The lowest BCUT2D eigenvalue weighted by Gasteiger charge is -2.19. The van der Waals surface area contributed by atoms with Crippen molar-refractivity contribution in [2.75, 3.05) is 5.32 Å². The number of carbonyl (C=O) groups is 1. The van der Waals surface area contributed by atoms with Gasteiger partial charge in [0.05, 0.1) is 0 Å². The first-order valence-corrected chi connectivity index (χ1v) is 10.1. The summed E-state index contributed by atoms with van der Waals surface area (Å²) in [7, 11) is 0. The number of aryl methyl sites for hydroxylation is 1. The monoisotopic (exact) mass is 502 g/mol. The van der Waals surface area contributed by atoms with Gasteiger partial charge >= 0.3 is 11.9 Å². The normalized spacial score (nSPS) is 12.5. The SMILES string of the molecule is CCn1c(CO)nn(-c2nc(O[C@@H](C)C(F)(F)F)c(C(=O)Nc3nc(C)ccc3F)cc2F)c1=O. The lowest BCUT2D eigenvalue weighted by atomic mass is 10.2. The van der Waals surface area contributed by atoms with E-state index in [-0.39, 0.29) is 12.4 Å². The predicted molar refractivity (Wildman–Crippen MR) is 110 cm³/mol. The minimum Gasteiger partial charge on any atom is -0.464 e. The Morgan fingerprint density at radius 3 is 2.49 bits per heavy atom. The molecule has 35 heavy (non-hydrogen) atoms. The van der Waals surface area contributed by atoms with Crippen molar-refractivity contribution < 1.29 is 36.6 Å². The van der Waals surface area contributed by atoms with Gasteiger partial charge in [-0.15, -0.1) is 5.10 Å². The van der Waals surface area contributed by atoms with Crippen molar-refractivity contribution in [2.45, 2.75) is 46.2 Å². The highest BCUT2D eigenvalue weighted by atomic mass is 19.4. The van der Waals surface area contributed by atoms with Crippen molar-refractivity contribution in [1.82, 2.24) is 24.3 Å². The highest BCUT2D eigenvalue weighted by Crippen LogP contribution is 2.28. The van der Waals surface area contributed by atoms with Crippen LogP contribution >= 0.6 is 0 Å². The number of hydrogen-bond acceptors (Lipinski definition) is 7. The van der Waals surface area contributed by atoms with Crippen LogP contribution in [0.2, 0.25) is 0 Å². The number of rotatable bonds is 7. The summed E-state index contributed by atoms with van der Waals surface area (Å²) in [6.45, 7) is 3.01. The van der Waals surface area contributed by atoms with Crippen LogP contribution in [0.3, 0.4) is 0 Å². The third-order valence-corrected chi connectivity index (χ3v) is 4.73. The first-order valence-electron chi connectivity index (χ1n) is 10.1. The average molecular weight is 502 g/mol. The fourth-order valence-electron chi connectivity index (χ4n) is 2.91. The molecule has 0 aliphatic carbocycles. The molecule has 0 bridgehead atoms. The molecule has 3 aromatic rings. The predicted octanol–water partition coefficient (Wildman–Crippen LogP) is 2.50. The Bertz CT molecular complexity index is 1320. The van der Waals surface area contributed by atoms with E-state index < -0.39 is 65.2 Å². The molecule has 3 heterocycles. The van der Waals surface area contributed by atoms with Gasteiger partial charge in [-0.2, -0.15) is 22.8 Å². The van der Waals surface area contributed by atoms with Crippen molar-refractivity contribution in [1.29, 1.82) is 0 Å². The maximum Gasteiger partial charge on any atom is 0.425 e. The largest absolute Gasteiger partial charge is 0.464 e. The second kappa shape index (κ2) is 9.77. The van der Waals surface area contributed by atoms with E-state index in [1.807, 2.05) is 5.32 Å². The van der Waals surface area contributed by atoms with Crippen molar-refractivity contribution in [3.63, 3.8) is 0 Å². The summed E-state index contributed by atoms with van der Waals surface area (Å²) >= 11 is 0. The van der Waals surface area contributed by atoms with Crippen LogP contribution in [-0.4, -0.2) is 47.6 Å². The maximum absolute atomic E-state index is 15.0. The molecule has 0 unspecified atom stereocenters. The van der Waals surface area contributed by atoms with Gasteiger partial charge < -0.3 is 15.2 Å². The molecule has 0 aliphatic rings. The van der Waals surface area contributed by atoms with Crippen LogP contribution < -0.4 is 15.7 Å². The average Bonchev–Trinajstić information content (AvgIpc) is 3.11. The molecule has 0 aliphatic heterocycles. The number of alkyl halides is 3. The summed E-state index contributed by atoms with van der Waals surface area (Å²) < 4.78 is 74.6. The van der Waals surface area contributed by atoms with Gasteiger partial charge in [-0.1, -0.05) is 0 Å². The van der Waals surface area contributed by atoms with Crippen LogP contribution in [0.15, 0.2) is 23.0 Å². The Kier molecular flexibility index (Phi) is 7.19. The Labute approximate surface area is 194 Å². The summed E-state index contributed by atoms with van der Waals surface area (Å²) in [5.41, 5.74) is -1.45. The lowest BCUT2D eigenvalue weighted by molar-refractivity contribution is -0.190. The lowest BCUT2D eigenvalue weighted by Crippen LogP contribution is -2.33. The van der Waals surface area contributed by atoms with E-state index in [4.69, 9.17) is 4.74 Å². The number of pyridine rings is 2. The van der Waals surface area contributed by atoms with Crippen molar-refractivity contribution >= 4 is 11.7 Å². The van der Waals surface area contributed by atoms with Crippen LogP contribution in [0, 0.1) is 18.6 Å². The van der Waals surface area contributed by atoms with Crippen LogP contribution in [0.5, 0.6) is 5.88 Å². The number of hydrogen-bond donors (Lipinski definition) is 2. The van der Waals surface area contributed by atoms with Gasteiger partial charge in [-0.3, -0.25) is 9.36 Å². The molecule has 2 N–H and O–H groups in total. The Balaban J connectivity index is 2.14. The van der Waals surface area contributed by atoms with E-state index in [0.29, 0.717) is 23.4 Å². The number of aliphatic hydroxyl groups is 1. The third-order valence-electron chi connectivity index (χ3n) is 4.73. The topological polar surface area (TPSA) is 124 Å². The standard InChI is InChI=1S/C20H19F5N6O4/c1-4-30-14(8-32)29-31(19(30)34)16-13(22)7-11(18(28-16)35-10(3)20(23,24)25)17(33)27-15-12(21)6-5-9(2)26-15/h5-7,10,32H,4,8H2,1-3H3,(H,26,27,33)/t10-/m0/s1. The number of amides is 1. The minimum atomic E-state index is -4.89. The van der Waals surface area contributed by atoms with Gasteiger partial charge in [-0.05, 0) is 39.0 Å². The smallest absolute Gasteiger partial charge is 0.425 e. The minimum absolute atomic E-state index is 0.0420. The summed E-state index contributed by atoms with van der Waals surface area (Å²) in [4.78, 5) is 32.7. The van der Waals surface area contributed by atoms with Gasteiger partial charge in [0.2, 0.25) is 5.88 Å². The maximum atomic E-state index is 15.0. The molecule has 15 heteroatoms. The van der Waals surface area contributed by atoms with Crippen LogP contribution in [0.4, 0.5) is 27.8 Å². The van der Waals surface area contributed by atoms with Gasteiger partial charge in [0, 0.05) is 12.2 Å². The molecule has 0 saturated heterocycles. The molecular weight excluding hydrogens is 483 g/mol. The molecule has 1 amide bonds. The molecule has 3 aromatic heterocycles. The van der Waals surface area contributed by atoms with Crippen LogP contribution in [0.1, 0.15) is 35.7 Å². The van der Waals surface area contributed by atoms with Gasteiger partial charge in [0.25, 0.3) is 5.91 Å². The molecule has 1 atom stereocenters. The second-order valence-electron chi connectivity index (χ2n) is 7.20. The first-order chi connectivity index (χ1) is 16.4. The molecule has 188 valence electrons.